The molecule has 1 aromatic carbocycles. The molecular formula is C20H23N3O2. The quantitative estimate of drug-likeness (QED) is 0.865. The topological polar surface area (TPSA) is 55.2 Å². The van der Waals surface area contributed by atoms with Gasteiger partial charge in [0, 0.05) is 30.6 Å². The second-order valence-electron chi connectivity index (χ2n) is 7.16. The van der Waals surface area contributed by atoms with Gasteiger partial charge in [-0.1, -0.05) is 30.3 Å². The van der Waals surface area contributed by atoms with E-state index < -0.39 is 0 Å². The summed E-state index contributed by atoms with van der Waals surface area (Å²) in [6, 6.07) is 11.7. The molecule has 2 aliphatic rings. The van der Waals surface area contributed by atoms with Crippen LogP contribution < -0.4 is 5.56 Å². The molecule has 0 bridgehead atoms. The maximum atomic E-state index is 12.5. The fourth-order valence-electron chi connectivity index (χ4n) is 3.62. The van der Waals surface area contributed by atoms with Gasteiger partial charge in [0.2, 0.25) is 5.91 Å². The Hall–Kier alpha value is -2.43. The van der Waals surface area contributed by atoms with Crippen molar-refractivity contribution in [3.8, 4) is 11.3 Å². The molecule has 0 N–H and O–H groups in total. The molecule has 130 valence electrons. The molecule has 5 nitrogen and oxygen atoms in total. The number of aryl methyl sites for hydroxylation is 1. The Morgan fingerprint density at radius 3 is 2.40 bits per heavy atom. The average molecular weight is 337 g/mol. The SMILES string of the molecule is Cc1cc(=O)n(C2CCN(C(=O)C3CC3)CC2)nc1-c1ccccc1. The van der Waals surface area contributed by atoms with Gasteiger partial charge in [-0.3, -0.25) is 9.59 Å². The van der Waals surface area contributed by atoms with Crippen LogP contribution in [0.2, 0.25) is 0 Å². The lowest BCUT2D eigenvalue weighted by molar-refractivity contribution is -0.133. The first kappa shape index (κ1) is 16.1. The highest BCUT2D eigenvalue weighted by Gasteiger charge is 2.35. The number of aromatic nitrogens is 2. The van der Waals surface area contributed by atoms with Crippen LogP contribution in [0.4, 0.5) is 0 Å². The largest absolute Gasteiger partial charge is 0.342 e. The molecule has 2 fully saturated rings. The number of amides is 1. The van der Waals surface area contributed by atoms with Crippen LogP contribution in [-0.4, -0.2) is 33.7 Å². The zero-order valence-electron chi connectivity index (χ0n) is 14.5. The Balaban J connectivity index is 1.56. The van der Waals surface area contributed by atoms with Gasteiger partial charge in [0.05, 0.1) is 11.7 Å². The number of carbonyl (C=O) groups is 1. The van der Waals surface area contributed by atoms with Crippen LogP contribution in [0.5, 0.6) is 0 Å². The van der Waals surface area contributed by atoms with Gasteiger partial charge in [-0.25, -0.2) is 4.68 Å². The summed E-state index contributed by atoms with van der Waals surface area (Å²) in [4.78, 5) is 26.6. The van der Waals surface area contributed by atoms with Crippen molar-refractivity contribution < 1.29 is 4.79 Å². The maximum absolute atomic E-state index is 12.5. The van der Waals surface area contributed by atoms with Crippen molar-refractivity contribution in [3.05, 3.63) is 52.3 Å². The fourth-order valence-corrected chi connectivity index (χ4v) is 3.62. The molecule has 2 heterocycles. The minimum atomic E-state index is -0.0517. The second-order valence-corrected chi connectivity index (χ2v) is 7.16. The number of hydrogen-bond acceptors (Lipinski definition) is 3. The molecule has 25 heavy (non-hydrogen) atoms. The summed E-state index contributed by atoms with van der Waals surface area (Å²) in [5.41, 5.74) is 2.73. The summed E-state index contributed by atoms with van der Waals surface area (Å²) in [5, 5.41) is 4.68. The third-order valence-corrected chi connectivity index (χ3v) is 5.24. The van der Waals surface area contributed by atoms with E-state index in [2.05, 4.69) is 5.10 Å². The number of hydrogen-bond donors (Lipinski definition) is 0. The predicted molar refractivity (Wildman–Crippen MR) is 96.2 cm³/mol. The Morgan fingerprint density at radius 1 is 1.08 bits per heavy atom. The van der Waals surface area contributed by atoms with Crippen molar-refractivity contribution in [2.24, 2.45) is 5.92 Å². The van der Waals surface area contributed by atoms with Crippen molar-refractivity contribution in [1.29, 1.82) is 0 Å². The monoisotopic (exact) mass is 337 g/mol. The maximum Gasteiger partial charge on any atom is 0.267 e. The van der Waals surface area contributed by atoms with Gasteiger partial charge < -0.3 is 4.90 Å². The zero-order chi connectivity index (χ0) is 17.4. The lowest BCUT2D eigenvalue weighted by Gasteiger charge is -2.32. The third kappa shape index (κ3) is 3.23. The molecule has 1 aliphatic carbocycles. The summed E-state index contributed by atoms with van der Waals surface area (Å²) in [7, 11) is 0. The highest BCUT2D eigenvalue weighted by Crippen LogP contribution is 2.33. The Kier molecular flexibility index (Phi) is 4.15. The van der Waals surface area contributed by atoms with Crippen LogP contribution in [-0.2, 0) is 4.79 Å². The molecule has 1 aromatic heterocycles. The smallest absolute Gasteiger partial charge is 0.267 e. The van der Waals surface area contributed by atoms with Crippen LogP contribution in [0, 0.1) is 12.8 Å². The Labute approximate surface area is 147 Å². The highest BCUT2D eigenvalue weighted by atomic mass is 16.2. The third-order valence-electron chi connectivity index (χ3n) is 5.24. The van der Waals surface area contributed by atoms with Crippen molar-refractivity contribution in [2.45, 2.75) is 38.6 Å². The Morgan fingerprint density at radius 2 is 1.76 bits per heavy atom. The van der Waals surface area contributed by atoms with E-state index in [9.17, 15) is 9.59 Å². The molecule has 1 aliphatic heterocycles. The van der Waals surface area contributed by atoms with Crippen LogP contribution in [0.25, 0.3) is 11.3 Å². The van der Waals surface area contributed by atoms with E-state index in [0.717, 1.165) is 55.6 Å². The summed E-state index contributed by atoms with van der Waals surface area (Å²) in [6.07, 6.45) is 3.67. The van der Waals surface area contributed by atoms with Crippen LogP contribution in [0.15, 0.2) is 41.2 Å². The van der Waals surface area contributed by atoms with E-state index >= 15 is 0 Å². The summed E-state index contributed by atoms with van der Waals surface area (Å²) >= 11 is 0. The number of benzene rings is 1. The zero-order valence-corrected chi connectivity index (χ0v) is 14.5. The normalized spacial score (nSPS) is 18.4. The van der Waals surface area contributed by atoms with E-state index in [1.807, 2.05) is 42.2 Å². The number of rotatable bonds is 3. The van der Waals surface area contributed by atoms with Gasteiger partial charge in [0.25, 0.3) is 5.56 Å². The molecule has 4 rings (SSSR count). The van der Waals surface area contributed by atoms with Crippen LogP contribution >= 0.6 is 0 Å². The number of carbonyl (C=O) groups excluding carboxylic acids is 1. The van der Waals surface area contributed by atoms with Gasteiger partial charge in [-0.15, -0.1) is 0 Å². The fraction of sp³-hybridized carbons (Fsp3) is 0.450. The van der Waals surface area contributed by atoms with E-state index in [1.54, 1.807) is 10.7 Å². The van der Waals surface area contributed by atoms with E-state index in [4.69, 9.17) is 0 Å². The van der Waals surface area contributed by atoms with E-state index in [0.29, 0.717) is 5.91 Å². The minimum Gasteiger partial charge on any atom is -0.342 e. The van der Waals surface area contributed by atoms with Crippen LogP contribution in [0.1, 0.15) is 37.3 Å². The number of piperidine rings is 1. The first-order chi connectivity index (χ1) is 12.1. The van der Waals surface area contributed by atoms with Crippen molar-refractivity contribution in [1.82, 2.24) is 14.7 Å². The molecule has 2 aromatic rings. The molecule has 1 saturated carbocycles. The molecule has 5 heteroatoms. The van der Waals surface area contributed by atoms with Gasteiger partial charge in [-0.05, 0) is 38.2 Å². The predicted octanol–water partition coefficient (Wildman–Crippen LogP) is 2.79. The summed E-state index contributed by atoms with van der Waals surface area (Å²) in [5.74, 6) is 0.564. The van der Waals surface area contributed by atoms with Crippen molar-refractivity contribution in [2.75, 3.05) is 13.1 Å². The molecule has 0 unspecified atom stereocenters. The molecule has 0 atom stereocenters. The summed E-state index contributed by atoms with van der Waals surface area (Å²) < 4.78 is 1.63. The molecule has 1 saturated heterocycles. The van der Waals surface area contributed by atoms with Crippen molar-refractivity contribution in [3.63, 3.8) is 0 Å². The number of nitrogens with zero attached hydrogens (tertiary/aromatic N) is 3. The Bertz CT molecular complexity index is 832. The highest BCUT2D eigenvalue weighted by molar-refractivity contribution is 5.81. The van der Waals surface area contributed by atoms with Gasteiger partial charge >= 0.3 is 0 Å². The standard InChI is InChI=1S/C20H23N3O2/c1-14-13-18(24)23(21-19(14)15-5-3-2-4-6-15)17-9-11-22(12-10-17)20(25)16-7-8-16/h2-6,13,16-17H,7-12H2,1H3. The van der Waals surface area contributed by atoms with Gasteiger partial charge in [0.1, 0.15) is 0 Å². The lowest BCUT2D eigenvalue weighted by atomic mass is 10.0. The van der Waals surface area contributed by atoms with E-state index in [1.165, 1.54) is 0 Å². The van der Waals surface area contributed by atoms with Gasteiger partial charge in [-0.2, -0.15) is 5.10 Å². The number of likely N-dealkylation sites (tertiary alicyclic amines) is 1. The van der Waals surface area contributed by atoms with Gasteiger partial charge in [0.15, 0.2) is 0 Å². The average Bonchev–Trinajstić information content (AvgIpc) is 3.47. The molecular weight excluding hydrogens is 314 g/mol. The molecule has 0 radical (unpaired) electrons. The first-order valence-electron chi connectivity index (χ1n) is 9.08. The molecule has 1 amide bonds. The lowest BCUT2D eigenvalue weighted by Crippen LogP contribution is -2.42. The summed E-state index contributed by atoms with van der Waals surface area (Å²) in [6.45, 7) is 3.38. The minimum absolute atomic E-state index is 0.0517. The van der Waals surface area contributed by atoms with Crippen LogP contribution in [0.3, 0.4) is 0 Å². The van der Waals surface area contributed by atoms with E-state index in [-0.39, 0.29) is 17.5 Å². The molecule has 0 spiro atoms. The second kappa shape index (κ2) is 6.47. The first-order valence-corrected chi connectivity index (χ1v) is 9.08. The van der Waals surface area contributed by atoms with Crippen molar-refractivity contribution >= 4 is 5.91 Å².